The highest BCUT2D eigenvalue weighted by atomic mass is 16.5. The van der Waals surface area contributed by atoms with Crippen molar-refractivity contribution in [1.82, 2.24) is 0 Å². The van der Waals surface area contributed by atoms with Gasteiger partial charge in [-0.3, -0.25) is 4.79 Å². The average Bonchev–Trinajstić information content (AvgIpc) is 2.21. The van der Waals surface area contributed by atoms with Gasteiger partial charge in [0.1, 0.15) is 12.0 Å². The van der Waals surface area contributed by atoms with Gasteiger partial charge in [0.15, 0.2) is 0 Å². The summed E-state index contributed by atoms with van der Waals surface area (Å²) >= 11 is 0. The summed E-state index contributed by atoms with van der Waals surface area (Å²) in [6, 6.07) is 3.73. The monoisotopic (exact) mass is 220 g/mol. The topological polar surface area (TPSA) is 26.3 Å². The quantitative estimate of drug-likeness (QED) is 0.709. The van der Waals surface area contributed by atoms with Crippen molar-refractivity contribution in [1.29, 1.82) is 0 Å². The van der Waals surface area contributed by atoms with Gasteiger partial charge in [0.25, 0.3) is 0 Å². The van der Waals surface area contributed by atoms with E-state index in [1.54, 1.807) is 0 Å². The second-order valence-corrected chi connectivity index (χ2v) is 4.63. The molecule has 0 unspecified atom stereocenters. The standard InChI is InChI=1S/C14H20O2/c1-10(2)5-6-16-14-11(3)7-13(9-15)8-12(14)4/h7-10H,5-6H2,1-4H3. The van der Waals surface area contributed by atoms with E-state index in [1.165, 1.54) is 0 Å². The molecule has 0 saturated carbocycles. The summed E-state index contributed by atoms with van der Waals surface area (Å²) in [6.45, 7) is 9.05. The summed E-state index contributed by atoms with van der Waals surface area (Å²) < 4.78 is 5.76. The molecule has 0 amide bonds. The summed E-state index contributed by atoms with van der Waals surface area (Å²) in [7, 11) is 0. The van der Waals surface area contributed by atoms with E-state index in [-0.39, 0.29) is 0 Å². The molecule has 0 N–H and O–H groups in total. The number of aryl methyl sites for hydroxylation is 2. The molecule has 0 aromatic heterocycles. The lowest BCUT2D eigenvalue weighted by molar-refractivity contribution is 0.112. The molecule has 0 spiro atoms. The first-order valence-corrected chi connectivity index (χ1v) is 5.73. The minimum absolute atomic E-state index is 0.648. The Labute approximate surface area is 97.6 Å². The lowest BCUT2D eigenvalue weighted by atomic mass is 10.1. The summed E-state index contributed by atoms with van der Waals surface area (Å²) in [6.07, 6.45) is 1.92. The molecule has 16 heavy (non-hydrogen) atoms. The van der Waals surface area contributed by atoms with Crippen LogP contribution < -0.4 is 4.74 Å². The molecule has 0 aliphatic heterocycles. The Balaban J connectivity index is 2.76. The normalized spacial score (nSPS) is 10.6. The maximum Gasteiger partial charge on any atom is 0.150 e. The Bertz CT molecular complexity index is 344. The summed E-state index contributed by atoms with van der Waals surface area (Å²) in [5, 5.41) is 0. The summed E-state index contributed by atoms with van der Waals surface area (Å²) in [4.78, 5) is 10.7. The van der Waals surface area contributed by atoms with Crippen LogP contribution in [0.25, 0.3) is 0 Å². The van der Waals surface area contributed by atoms with Crippen molar-refractivity contribution in [2.24, 2.45) is 5.92 Å². The SMILES string of the molecule is Cc1cc(C=O)cc(C)c1OCCC(C)C. The minimum Gasteiger partial charge on any atom is -0.493 e. The molecule has 1 aromatic carbocycles. The molecule has 0 bridgehead atoms. The average molecular weight is 220 g/mol. The minimum atomic E-state index is 0.648. The number of hydrogen-bond acceptors (Lipinski definition) is 2. The molecule has 1 rings (SSSR count). The molecular weight excluding hydrogens is 200 g/mol. The highest BCUT2D eigenvalue weighted by molar-refractivity contribution is 5.76. The predicted octanol–water partition coefficient (Wildman–Crippen LogP) is 3.54. The molecule has 88 valence electrons. The second kappa shape index (κ2) is 5.69. The lowest BCUT2D eigenvalue weighted by Gasteiger charge is -2.13. The van der Waals surface area contributed by atoms with Crippen molar-refractivity contribution in [3.63, 3.8) is 0 Å². The van der Waals surface area contributed by atoms with Crippen LogP contribution in [0.5, 0.6) is 5.75 Å². The van der Waals surface area contributed by atoms with E-state index in [0.717, 1.165) is 36.2 Å². The van der Waals surface area contributed by atoms with Gasteiger partial charge in [0, 0.05) is 5.56 Å². The molecular formula is C14H20O2. The van der Waals surface area contributed by atoms with Crippen molar-refractivity contribution in [2.45, 2.75) is 34.1 Å². The molecule has 0 radical (unpaired) electrons. The molecule has 2 nitrogen and oxygen atoms in total. The molecule has 0 fully saturated rings. The fraction of sp³-hybridized carbons (Fsp3) is 0.500. The van der Waals surface area contributed by atoms with Crippen LogP contribution in [-0.4, -0.2) is 12.9 Å². The van der Waals surface area contributed by atoms with Gasteiger partial charge in [0.05, 0.1) is 6.61 Å². The van der Waals surface area contributed by atoms with Crippen molar-refractivity contribution < 1.29 is 9.53 Å². The largest absolute Gasteiger partial charge is 0.493 e. The first kappa shape index (κ1) is 12.8. The third-order valence-corrected chi connectivity index (χ3v) is 2.56. The number of benzene rings is 1. The molecule has 0 aliphatic rings. The highest BCUT2D eigenvalue weighted by Crippen LogP contribution is 2.24. The van der Waals surface area contributed by atoms with Crippen LogP contribution in [0.15, 0.2) is 12.1 Å². The second-order valence-electron chi connectivity index (χ2n) is 4.63. The van der Waals surface area contributed by atoms with E-state index in [2.05, 4.69) is 13.8 Å². The molecule has 1 aromatic rings. The molecule has 0 heterocycles. The Morgan fingerprint density at radius 2 is 1.81 bits per heavy atom. The van der Waals surface area contributed by atoms with Crippen LogP contribution in [0.2, 0.25) is 0 Å². The van der Waals surface area contributed by atoms with Crippen molar-refractivity contribution in [3.05, 3.63) is 28.8 Å². The molecule has 0 aliphatic carbocycles. The Morgan fingerprint density at radius 3 is 2.25 bits per heavy atom. The van der Waals surface area contributed by atoms with Crippen LogP contribution in [0.1, 0.15) is 41.8 Å². The number of rotatable bonds is 5. The predicted molar refractivity (Wildman–Crippen MR) is 66.3 cm³/mol. The fourth-order valence-electron chi connectivity index (χ4n) is 1.68. The van der Waals surface area contributed by atoms with Crippen molar-refractivity contribution in [3.8, 4) is 5.75 Å². The van der Waals surface area contributed by atoms with Crippen LogP contribution in [0, 0.1) is 19.8 Å². The van der Waals surface area contributed by atoms with Gasteiger partial charge in [-0.2, -0.15) is 0 Å². The third kappa shape index (κ3) is 3.37. The zero-order valence-electron chi connectivity index (χ0n) is 10.5. The number of carbonyl (C=O) groups is 1. The number of carbonyl (C=O) groups excluding carboxylic acids is 1. The molecule has 2 heteroatoms. The van der Waals surface area contributed by atoms with E-state index in [4.69, 9.17) is 4.74 Å². The Hall–Kier alpha value is -1.31. The van der Waals surface area contributed by atoms with Gasteiger partial charge in [-0.1, -0.05) is 13.8 Å². The van der Waals surface area contributed by atoms with Crippen LogP contribution >= 0.6 is 0 Å². The first-order chi connectivity index (χ1) is 7.54. The van der Waals surface area contributed by atoms with Crippen LogP contribution in [0.4, 0.5) is 0 Å². The van der Waals surface area contributed by atoms with Crippen LogP contribution in [0.3, 0.4) is 0 Å². The smallest absolute Gasteiger partial charge is 0.150 e. The fourth-order valence-corrected chi connectivity index (χ4v) is 1.68. The highest BCUT2D eigenvalue weighted by Gasteiger charge is 2.06. The molecule has 0 atom stereocenters. The Kier molecular flexibility index (Phi) is 4.53. The van der Waals surface area contributed by atoms with E-state index < -0.39 is 0 Å². The zero-order chi connectivity index (χ0) is 12.1. The third-order valence-electron chi connectivity index (χ3n) is 2.56. The van der Waals surface area contributed by atoms with E-state index in [9.17, 15) is 4.79 Å². The lowest BCUT2D eigenvalue weighted by Crippen LogP contribution is -2.04. The summed E-state index contributed by atoms with van der Waals surface area (Å²) in [5.74, 6) is 1.57. The summed E-state index contributed by atoms with van der Waals surface area (Å²) in [5.41, 5.74) is 2.78. The van der Waals surface area contributed by atoms with Gasteiger partial charge >= 0.3 is 0 Å². The maximum atomic E-state index is 10.7. The van der Waals surface area contributed by atoms with Gasteiger partial charge in [-0.25, -0.2) is 0 Å². The van der Waals surface area contributed by atoms with Gasteiger partial charge in [-0.05, 0) is 49.4 Å². The van der Waals surface area contributed by atoms with Gasteiger partial charge in [-0.15, -0.1) is 0 Å². The molecule has 0 saturated heterocycles. The van der Waals surface area contributed by atoms with E-state index in [1.807, 2.05) is 26.0 Å². The van der Waals surface area contributed by atoms with Gasteiger partial charge in [0.2, 0.25) is 0 Å². The van der Waals surface area contributed by atoms with Crippen molar-refractivity contribution in [2.75, 3.05) is 6.61 Å². The Morgan fingerprint density at radius 1 is 1.25 bits per heavy atom. The first-order valence-electron chi connectivity index (χ1n) is 5.73. The number of hydrogen-bond donors (Lipinski definition) is 0. The van der Waals surface area contributed by atoms with E-state index >= 15 is 0 Å². The number of aldehydes is 1. The van der Waals surface area contributed by atoms with E-state index in [0.29, 0.717) is 11.5 Å². The maximum absolute atomic E-state index is 10.7. The number of ether oxygens (including phenoxy) is 1. The van der Waals surface area contributed by atoms with Gasteiger partial charge < -0.3 is 4.74 Å². The van der Waals surface area contributed by atoms with Crippen molar-refractivity contribution >= 4 is 6.29 Å². The zero-order valence-corrected chi connectivity index (χ0v) is 10.5. The van der Waals surface area contributed by atoms with Crippen LogP contribution in [-0.2, 0) is 0 Å².